The van der Waals surface area contributed by atoms with Crippen LogP contribution in [-0.2, 0) is 17.8 Å². The van der Waals surface area contributed by atoms with Crippen molar-refractivity contribution >= 4 is 5.91 Å². The van der Waals surface area contributed by atoms with Gasteiger partial charge in [0.2, 0.25) is 5.91 Å². The minimum absolute atomic E-state index is 0.122. The van der Waals surface area contributed by atoms with Crippen LogP contribution in [0.1, 0.15) is 11.1 Å². The zero-order valence-corrected chi connectivity index (χ0v) is 15.1. The average molecular weight is 389 g/mol. The highest BCUT2D eigenvalue weighted by Gasteiger charge is 2.30. The second kappa shape index (κ2) is 8.16. The molecule has 0 aliphatic heterocycles. The molecule has 0 spiro atoms. The van der Waals surface area contributed by atoms with Gasteiger partial charge < -0.3 is 9.64 Å². The summed E-state index contributed by atoms with van der Waals surface area (Å²) < 4.78 is 42.1. The molecule has 1 heterocycles. The second-order valence-corrected chi connectivity index (χ2v) is 6.25. The number of benzene rings is 2. The summed E-state index contributed by atoms with van der Waals surface area (Å²) in [4.78, 5) is 13.9. The fourth-order valence-electron chi connectivity index (χ4n) is 2.64. The number of hydrogen-bond acceptors (Lipinski definition) is 3. The van der Waals surface area contributed by atoms with Gasteiger partial charge in [0.25, 0.3) is 0 Å². The fourth-order valence-corrected chi connectivity index (χ4v) is 2.64. The highest BCUT2D eigenvalue weighted by molar-refractivity contribution is 5.78. The third kappa shape index (κ3) is 5.35. The Morgan fingerprint density at radius 3 is 2.39 bits per heavy atom. The lowest BCUT2D eigenvalue weighted by atomic mass is 10.2. The number of carbonyl (C=O) groups excluding carboxylic acids is 1. The molecule has 0 saturated heterocycles. The summed E-state index contributed by atoms with van der Waals surface area (Å²) in [5.74, 6) is -0.415. The lowest BCUT2D eigenvalue weighted by molar-refractivity contribution is -0.274. The quantitative estimate of drug-likeness (QED) is 0.641. The molecule has 28 heavy (non-hydrogen) atoms. The number of alkyl halides is 3. The highest BCUT2D eigenvalue weighted by atomic mass is 19.4. The van der Waals surface area contributed by atoms with E-state index in [9.17, 15) is 18.0 Å². The first-order valence-corrected chi connectivity index (χ1v) is 8.48. The van der Waals surface area contributed by atoms with Crippen molar-refractivity contribution in [2.75, 3.05) is 7.05 Å². The van der Waals surface area contributed by atoms with Crippen LogP contribution in [0.15, 0.2) is 67.0 Å². The van der Waals surface area contributed by atoms with Crippen LogP contribution in [0.2, 0.25) is 0 Å². The predicted molar refractivity (Wildman–Crippen MR) is 96.9 cm³/mol. The van der Waals surface area contributed by atoms with Crippen molar-refractivity contribution in [3.05, 3.63) is 78.1 Å². The Balaban J connectivity index is 1.57. The molecule has 3 aromatic rings. The minimum atomic E-state index is -4.72. The number of ether oxygens (including phenoxy) is 1. The SMILES string of the molecule is CN(Cc1ccc(OC(F)(F)F)cc1)C(=O)Cc1cnn(-c2ccccc2)c1. The Morgan fingerprint density at radius 2 is 1.75 bits per heavy atom. The molecular formula is C20H18F3N3O2. The van der Waals surface area contributed by atoms with Gasteiger partial charge in [-0.15, -0.1) is 13.2 Å². The smallest absolute Gasteiger partial charge is 0.406 e. The molecule has 3 rings (SSSR count). The van der Waals surface area contributed by atoms with Gasteiger partial charge in [0.05, 0.1) is 18.3 Å². The monoisotopic (exact) mass is 389 g/mol. The van der Waals surface area contributed by atoms with Crippen molar-refractivity contribution in [2.24, 2.45) is 0 Å². The molecule has 0 atom stereocenters. The number of hydrogen-bond donors (Lipinski definition) is 0. The first-order chi connectivity index (χ1) is 13.3. The van der Waals surface area contributed by atoms with Gasteiger partial charge in [0, 0.05) is 19.8 Å². The Kier molecular flexibility index (Phi) is 5.67. The van der Waals surface area contributed by atoms with Crippen molar-refractivity contribution in [3.63, 3.8) is 0 Å². The van der Waals surface area contributed by atoms with Gasteiger partial charge in [-0.25, -0.2) is 4.68 Å². The molecule has 0 N–H and O–H groups in total. The van der Waals surface area contributed by atoms with E-state index in [1.165, 1.54) is 29.2 Å². The number of nitrogens with zero attached hydrogens (tertiary/aromatic N) is 3. The molecule has 2 aromatic carbocycles. The summed E-state index contributed by atoms with van der Waals surface area (Å²) in [6.07, 6.45) is -1.11. The molecule has 8 heteroatoms. The van der Waals surface area contributed by atoms with E-state index < -0.39 is 6.36 Å². The van der Waals surface area contributed by atoms with Crippen LogP contribution in [0, 0.1) is 0 Å². The fraction of sp³-hybridized carbons (Fsp3) is 0.200. The van der Waals surface area contributed by atoms with Gasteiger partial charge in [-0.2, -0.15) is 5.10 Å². The van der Waals surface area contributed by atoms with Gasteiger partial charge in [-0.3, -0.25) is 4.79 Å². The first kappa shape index (κ1) is 19.5. The number of carbonyl (C=O) groups is 1. The van der Waals surface area contributed by atoms with Crippen LogP contribution in [0.25, 0.3) is 5.69 Å². The molecule has 0 aliphatic carbocycles. The minimum Gasteiger partial charge on any atom is -0.406 e. The van der Waals surface area contributed by atoms with Crippen LogP contribution >= 0.6 is 0 Å². The molecule has 1 amide bonds. The molecule has 0 saturated carbocycles. The van der Waals surface area contributed by atoms with Crippen LogP contribution in [0.4, 0.5) is 13.2 Å². The maximum Gasteiger partial charge on any atom is 0.573 e. The molecule has 5 nitrogen and oxygen atoms in total. The molecular weight excluding hydrogens is 371 g/mol. The molecule has 0 fully saturated rings. The van der Waals surface area contributed by atoms with E-state index in [2.05, 4.69) is 9.84 Å². The zero-order valence-electron chi connectivity index (χ0n) is 15.1. The molecule has 0 bridgehead atoms. The summed E-state index contributed by atoms with van der Waals surface area (Å²) in [6, 6.07) is 15.0. The van der Waals surface area contributed by atoms with E-state index in [0.717, 1.165) is 11.3 Å². The number of halogens is 3. The van der Waals surface area contributed by atoms with E-state index in [0.29, 0.717) is 5.56 Å². The summed E-state index contributed by atoms with van der Waals surface area (Å²) in [7, 11) is 1.64. The summed E-state index contributed by atoms with van der Waals surface area (Å²) >= 11 is 0. The summed E-state index contributed by atoms with van der Waals surface area (Å²) in [5.41, 5.74) is 2.37. The predicted octanol–water partition coefficient (Wildman–Crippen LogP) is 3.97. The molecule has 146 valence electrons. The van der Waals surface area contributed by atoms with Crippen molar-refractivity contribution in [2.45, 2.75) is 19.3 Å². The number of aromatic nitrogens is 2. The molecule has 1 aromatic heterocycles. The van der Waals surface area contributed by atoms with Crippen LogP contribution in [-0.4, -0.2) is 34.0 Å². The second-order valence-electron chi connectivity index (χ2n) is 6.25. The maximum absolute atomic E-state index is 12.4. The number of rotatable bonds is 6. The van der Waals surface area contributed by atoms with E-state index in [1.54, 1.807) is 24.1 Å². The third-order valence-electron chi connectivity index (χ3n) is 4.01. The molecule has 0 radical (unpaired) electrons. The summed E-state index contributed by atoms with van der Waals surface area (Å²) in [6.45, 7) is 0.276. The highest BCUT2D eigenvalue weighted by Crippen LogP contribution is 2.23. The average Bonchev–Trinajstić information content (AvgIpc) is 3.11. The van der Waals surface area contributed by atoms with Gasteiger partial charge in [0.15, 0.2) is 0 Å². The van der Waals surface area contributed by atoms with E-state index in [4.69, 9.17) is 0 Å². The normalized spacial score (nSPS) is 11.3. The van der Waals surface area contributed by atoms with Crippen molar-refractivity contribution < 1.29 is 22.7 Å². The Hall–Kier alpha value is -3.29. The molecule has 0 unspecified atom stereocenters. The largest absolute Gasteiger partial charge is 0.573 e. The van der Waals surface area contributed by atoms with Crippen LogP contribution in [0.3, 0.4) is 0 Å². The van der Waals surface area contributed by atoms with Crippen LogP contribution in [0.5, 0.6) is 5.75 Å². The van der Waals surface area contributed by atoms with Crippen molar-refractivity contribution in [1.82, 2.24) is 14.7 Å². The van der Waals surface area contributed by atoms with E-state index >= 15 is 0 Å². The van der Waals surface area contributed by atoms with Gasteiger partial charge in [0.1, 0.15) is 5.75 Å². The Morgan fingerprint density at radius 1 is 1.07 bits per heavy atom. The number of amides is 1. The number of likely N-dealkylation sites (N-methyl/N-ethyl adjacent to an activating group) is 1. The third-order valence-corrected chi connectivity index (χ3v) is 4.01. The molecule has 0 aliphatic rings. The topological polar surface area (TPSA) is 47.4 Å². The van der Waals surface area contributed by atoms with E-state index in [-0.39, 0.29) is 24.6 Å². The summed E-state index contributed by atoms with van der Waals surface area (Å²) in [5, 5.41) is 4.26. The first-order valence-electron chi connectivity index (χ1n) is 8.48. The Labute approximate surface area is 160 Å². The Bertz CT molecular complexity index is 922. The van der Waals surface area contributed by atoms with Crippen LogP contribution < -0.4 is 4.74 Å². The maximum atomic E-state index is 12.4. The van der Waals surface area contributed by atoms with Crippen molar-refractivity contribution in [1.29, 1.82) is 0 Å². The number of para-hydroxylation sites is 1. The van der Waals surface area contributed by atoms with Crippen molar-refractivity contribution in [3.8, 4) is 11.4 Å². The zero-order chi connectivity index (χ0) is 20.1. The van der Waals surface area contributed by atoms with Gasteiger partial charge >= 0.3 is 6.36 Å². The lowest BCUT2D eigenvalue weighted by Crippen LogP contribution is -2.27. The standard InChI is InChI=1S/C20H18F3N3O2/c1-25(13-15-7-9-18(10-8-15)28-20(21,22)23)19(27)11-16-12-24-26(14-16)17-5-3-2-4-6-17/h2-10,12,14H,11,13H2,1H3. The lowest BCUT2D eigenvalue weighted by Gasteiger charge is -2.17. The van der Waals surface area contributed by atoms with E-state index in [1.807, 2.05) is 30.3 Å². The van der Waals surface area contributed by atoms with Gasteiger partial charge in [-0.1, -0.05) is 30.3 Å². The van der Waals surface area contributed by atoms with Gasteiger partial charge in [-0.05, 0) is 35.4 Å².